The van der Waals surface area contributed by atoms with E-state index in [2.05, 4.69) is 30.5 Å². The molecule has 2 aliphatic carbocycles. The van der Waals surface area contributed by atoms with Crippen LogP contribution in [0.1, 0.15) is 76.3 Å². The summed E-state index contributed by atoms with van der Waals surface area (Å²) in [6, 6.07) is 8.69. The number of benzene rings is 2. The molecule has 32 heavy (non-hydrogen) atoms. The normalized spacial score (nSPS) is 25.7. The number of fused-ring (bicyclic) bond motifs is 1. The van der Waals surface area contributed by atoms with Gasteiger partial charge >= 0.3 is 0 Å². The average Bonchev–Trinajstić information content (AvgIpc) is 2.75. The van der Waals surface area contributed by atoms with Gasteiger partial charge in [0.05, 0.1) is 0 Å². The third-order valence-electron chi connectivity index (χ3n) is 7.66. The maximum atomic E-state index is 11.0. The Labute approximate surface area is 205 Å². The third-order valence-corrected chi connectivity index (χ3v) is 7.66. The van der Waals surface area contributed by atoms with Crippen molar-refractivity contribution in [3.05, 3.63) is 35.4 Å². The van der Waals surface area contributed by atoms with Gasteiger partial charge in [-0.05, 0) is 55.0 Å². The lowest BCUT2D eigenvalue weighted by Crippen LogP contribution is -2.36. The highest BCUT2D eigenvalue weighted by Gasteiger charge is 2.23. The Morgan fingerprint density at radius 2 is 1.25 bits per heavy atom. The molecule has 0 bridgehead atoms. The topological polar surface area (TPSA) is 64.5 Å². The molecular formula is C26H40Cl2N2O2. The van der Waals surface area contributed by atoms with E-state index in [4.69, 9.17) is 0 Å². The fraction of sp³-hybridized carbons (Fsp3) is 0.615. The summed E-state index contributed by atoms with van der Waals surface area (Å²) in [5.41, 5.74) is 1.83. The molecule has 0 spiro atoms. The van der Waals surface area contributed by atoms with Crippen molar-refractivity contribution in [1.29, 1.82) is 0 Å². The smallest absolute Gasteiger partial charge is 0.127 e. The van der Waals surface area contributed by atoms with Gasteiger partial charge in [-0.2, -0.15) is 0 Å². The van der Waals surface area contributed by atoms with Gasteiger partial charge in [-0.3, -0.25) is 0 Å². The fourth-order valence-corrected chi connectivity index (χ4v) is 5.53. The highest BCUT2D eigenvalue weighted by molar-refractivity contribution is 5.93. The Hall–Kier alpha value is -1.20. The Morgan fingerprint density at radius 1 is 0.719 bits per heavy atom. The van der Waals surface area contributed by atoms with E-state index in [0.29, 0.717) is 48.5 Å². The summed E-state index contributed by atoms with van der Waals surface area (Å²) < 4.78 is 0. The van der Waals surface area contributed by atoms with Gasteiger partial charge in [0.1, 0.15) is 11.5 Å². The summed E-state index contributed by atoms with van der Waals surface area (Å²) in [6.07, 6.45) is 10.2. The van der Waals surface area contributed by atoms with Crippen molar-refractivity contribution < 1.29 is 10.2 Å². The van der Waals surface area contributed by atoms with Crippen LogP contribution < -0.4 is 10.6 Å². The van der Waals surface area contributed by atoms with Gasteiger partial charge in [0, 0.05) is 41.7 Å². The zero-order chi connectivity index (χ0) is 21.1. The minimum Gasteiger partial charge on any atom is -0.508 e. The lowest BCUT2D eigenvalue weighted by atomic mass is 9.85. The molecule has 4 nitrogen and oxygen atoms in total. The first kappa shape index (κ1) is 27.0. The molecule has 2 fully saturated rings. The second-order valence-electron chi connectivity index (χ2n) is 9.73. The molecule has 180 valence electrons. The van der Waals surface area contributed by atoms with Crippen LogP contribution in [-0.2, 0) is 13.1 Å². The van der Waals surface area contributed by atoms with Gasteiger partial charge < -0.3 is 20.8 Å². The van der Waals surface area contributed by atoms with Crippen LogP contribution in [0.2, 0.25) is 0 Å². The molecule has 4 atom stereocenters. The summed E-state index contributed by atoms with van der Waals surface area (Å²) in [5, 5.41) is 30.6. The van der Waals surface area contributed by atoms with E-state index in [1.54, 1.807) is 6.07 Å². The average molecular weight is 484 g/mol. The van der Waals surface area contributed by atoms with Gasteiger partial charge in [0.15, 0.2) is 0 Å². The molecule has 2 saturated carbocycles. The molecule has 0 amide bonds. The highest BCUT2D eigenvalue weighted by Crippen LogP contribution is 2.35. The van der Waals surface area contributed by atoms with Crippen molar-refractivity contribution in [3.8, 4) is 11.5 Å². The summed E-state index contributed by atoms with van der Waals surface area (Å²) >= 11 is 0. The van der Waals surface area contributed by atoms with Crippen molar-refractivity contribution in [3.63, 3.8) is 0 Å². The molecular weight excluding hydrogens is 443 g/mol. The molecule has 0 aromatic heterocycles. The first-order valence-electron chi connectivity index (χ1n) is 12.0. The number of phenolic OH excluding ortho intramolecular Hbond substituents is 2. The monoisotopic (exact) mass is 482 g/mol. The first-order chi connectivity index (χ1) is 14.5. The third kappa shape index (κ3) is 6.02. The van der Waals surface area contributed by atoms with Crippen LogP contribution in [0.3, 0.4) is 0 Å². The number of hydrogen-bond donors (Lipinski definition) is 4. The fourth-order valence-electron chi connectivity index (χ4n) is 5.53. The van der Waals surface area contributed by atoms with Crippen molar-refractivity contribution in [2.24, 2.45) is 11.8 Å². The minimum absolute atomic E-state index is 0. The minimum atomic E-state index is 0. The van der Waals surface area contributed by atoms with Crippen LogP contribution in [0.5, 0.6) is 11.5 Å². The first-order valence-corrected chi connectivity index (χ1v) is 12.0. The van der Waals surface area contributed by atoms with E-state index in [1.807, 2.05) is 12.1 Å². The van der Waals surface area contributed by atoms with E-state index in [1.165, 1.54) is 51.4 Å². The molecule has 2 aromatic rings. The summed E-state index contributed by atoms with van der Waals surface area (Å²) in [6.45, 7) is 5.96. The van der Waals surface area contributed by atoms with Crippen LogP contribution in [0, 0.1) is 11.8 Å². The Morgan fingerprint density at radius 3 is 1.84 bits per heavy atom. The van der Waals surface area contributed by atoms with E-state index < -0.39 is 0 Å². The van der Waals surface area contributed by atoms with Gasteiger partial charge in [-0.25, -0.2) is 0 Å². The number of halogens is 2. The molecule has 4 N–H and O–H groups in total. The molecule has 4 unspecified atom stereocenters. The quantitative estimate of drug-likeness (QED) is 0.382. The molecule has 0 aliphatic heterocycles. The van der Waals surface area contributed by atoms with Gasteiger partial charge in [-0.15, -0.1) is 24.8 Å². The maximum absolute atomic E-state index is 11.0. The molecule has 0 saturated heterocycles. The van der Waals surface area contributed by atoms with Crippen molar-refractivity contribution in [2.75, 3.05) is 0 Å². The molecule has 4 rings (SSSR count). The van der Waals surface area contributed by atoms with E-state index >= 15 is 0 Å². The second kappa shape index (κ2) is 12.3. The van der Waals surface area contributed by atoms with Crippen LogP contribution in [-0.4, -0.2) is 22.3 Å². The van der Waals surface area contributed by atoms with Crippen molar-refractivity contribution in [1.82, 2.24) is 10.6 Å². The predicted molar refractivity (Wildman–Crippen MR) is 138 cm³/mol. The lowest BCUT2D eigenvalue weighted by molar-refractivity contribution is 0.278. The molecule has 6 heteroatoms. The Balaban J connectivity index is 0.00000181. The van der Waals surface area contributed by atoms with Crippen LogP contribution >= 0.6 is 24.8 Å². The summed E-state index contributed by atoms with van der Waals surface area (Å²) in [5.74, 6) is 2.01. The van der Waals surface area contributed by atoms with E-state index in [-0.39, 0.29) is 24.8 Å². The SMILES string of the molecule is CC1CCCCC1NCc1ccc2c(CNC3CCCCC3C)c(O)ccc2c1O.Cl.Cl. The van der Waals surface area contributed by atoms with E-state index in [9.17, 15) is 10.2 Å². The number of rotatable bonds is 6. The van der Waals surface area contributed by atoms with Crippen LogP contribution in [0.15, 0.2) is 24.3 Å². The van der Waals surface area contributed by atoms with Crippen LogP contribution in [0.4, 0.5) is 0 Å². The molecule has 0 radical (unpaired) electrons. The number of phenols is 2. The van der Waals surface area contributed by atoms with Gasteiger partial charge in [-0.1, -0.05) is 51.7 Å². The lowest BCUT2D eigenvalue weighted by Gasteiger charge is -2.30. The van der Waals surface area contributed by atoms with Crippen molar-refractivity contribution >= 4 is 35.6 Å². The zero-order valence-corrected chi connectivity index (χ0v) is 21.0. The second-order valence-corrected chi connectivity index (χ2v) is 9.73. The van der Waals surface area contributed by atoms with Gasteiger partial charge in [0.2, 0.25) is 0 Å². The maximum Gasteiger partial charge on any atom is 0.127 e. The summed E-state index contributed by atoms with van der Waals surface area (Å²) in [4.78, 5) is 0. The number of nitrogens with one attached hydrogen (secondary N) is 2. The van der Waals surface area contributed by atoms with Gasteiger partial charge in [0.25, 0.3) is 0 Å². The largest absolute Gasteiger partial charge is 0.508 e. The Kier molecular flexibility index (Phi) is 10.4. The highest BCUT2D eigenvalue weighted by atomic mass is 35.5. The van der Waals surface area contributed by atoms with Crippen molar-refractivity contribution in [2.45, 2.75) is 90.4 Å². The predicted octanol–water partition coefficient (Wildman–Crippen LogP) is 6.43. The number of aromatic hydroxyl groups is 2. The zero-order valence-electron chi connectivity index (χ0n) is 19.4. The van der Waals surface area contributed by atoms with Crippen LogP contribution in [0.25, 0.3) is 10.8 Å². The van der Waals surface area contributed by atoms with E-state index in [0.717, 1.165) is 21.9 Å². The Bertz CT molecular complexity index is 877. The summed E-state index contributed by atoms with van der Waals surface area (Å²) in [7, 11) is 0. The standard InChI is InChI=1S/C26H38N2O2.2ClH/c1-17-7-3-5-9-23(17)27-15-19-11-12-20-21(26(19)30)13-14-25(29)22(20)16-28-24-10-6-4-8-18(24)2;;/h11-14,17-18,23-24,27-30H,3-10,15-16H2,1-2H3;2*1H. The molecule has 0 heterocycles. The molecule has 2 aromatic carbocycles. The molecule has 2 aliphatic rings. The number of hydrogen-bond acceptors (Lipinski definition) is 4.